The minimum absolute atomic E-state index is 0.389. The van der Waals surface area contributed by atoms with E-state index in [0.29, 0.717) is 11.3 Å². The minimum atomic E-state index is -3.05. The summed E-state index contributed by atoms with van der Waals surface area (Å²) >= 11 is 10.5. The Morgan fingerprint density at radius 2 is 0.697 bits per heavy atom. The number of carbonyl (C=O) groups excluding carboxylic acids is 1. The fraction of sp³-hybridized carbons (Fsp3) is 0.0588. The maximum absolute atomic E-state index is 14.9. The lowest BCUT2D eigenvalue weighted by atomic mass is 9.79. The van der Waals surface area contributed by atoms with Gasteiger partial charge in [-0.15, -0.1) is 0 Å². The number of nitrogens with two attached hydrogens (primary N) is 1. The van der Waals surface area contributed by atoms with E-state index in [-0.39, 0.29) is 11.2 Å². The molecule has 1 aliphatic rings. The first kappa shape index (κ1) is 79.5. The highest BCUT2D eigenvalue weighted by Gasteiger charge is 2.52. The summed E-state index contributed by atoms with van der Waals surface area (Å²) in [6.45, 7) is 8.17. The highest BCUT2D eigenvalue weighted by atomic mass is 79.9. The molecule has 17 heteroatoms. The number of carbonyl (C=O) groups is 1. The second-order valence-corrected chi connectivity index (χ2v) is 38.1. The number of hydrogen-bond acceptors (Lipinski definition) is 11. The average Bonchev–Trinajstić information content (AvgIpc) is 1.23. The van der Waals surface area contributed by atoms with Crippen LogP contribution in [0.1, 0.15) is 38.1 Å². The van der Waals surface area contributed by atoms with Crippen molar-refractivity contribution in [3.8, 4) is 11.1 Å². The second kappa shape index (κ2) is 33.8. The zero-order chi connectivity index (χ0) is 82.0. The van der Waals surface area contributed by atoms with Crippen LogP contribution < -0.4 is 43.0 Å². The molecule has 2 N–H and O–H groups in total. The van der Waals surface area contributed by atoms with E-state index in [1.54, 1.807) is 6.20 Å². The number of rotatable bonds is 9. The lowest BCUT2D eigenvalue weighted by molar-refractivity contribution is 0.00578. The van der Waals surface area contributed by atoms with Crippen LogP contribution in [-0.4, -0.2) is 49.5 Å². The fourth-order valence-electron chi connectivity index (χ4n) is 15.4. The van der Waals surface area contributed by atoms with Gasteiger partial charge in [0.25, 0.3) is 0 Å². The van der Waals surface area contributed by atoms with Crippen molar-refractivity contribution in [2.45, 2.75) is 38.9 Å². The number of hydrogen-bond donors (Lipinski definition) is 1. The van der Waals surface area contributed by atoms with Gasteiger partial charge in [0.05, 0.1) is 55.5 Å². The number of aromatic nitrogens is 5. The van der Waals surface area contributed by atoms with Gasteiger partial charge in [-0.3, -0.25) is 19.7 Å². The van der Waals surface area contributed by atoms with E-state index >= 15 is 0 Å². The van der Waals surface area contributed by atoms with Crippen molar-refractivity contribution in [3.05, 3.63) is 389 Å². The Bertz CT molecular complexity index is 7210. The Hall–Kier alpha value is -12.0. The molecule has 578 valence electrons. The number of benzene rings is 15. The van der Waals surface area contributed by atoms with Crippen molar-refractivity contribution in [1.82, 2.24) is 24.9 Å². The Balaban J connectivity index is 0.000000115. The van der Waals surface area contributed by atoms with Gasteiger partial charge < -0.3 is 24.2 Å². The molecule has 0 radical (unpaired) electrons. The highest BCUT2D eigenvalue weighted by molar-refractivity contribution is 9.11. The van der Waals surface area contributed by atoms with E-state index in [4.69, 9.17) is 30.0 Å². The second-order valence-electron chi connectivity index (χ2n) is 30.1. The van der Waals surface area contributed by atoms with Gasteiger partial charge in [-0.2, -0.15) is 0 Å². The van der Waals surface area contributed by atoms with Crippen molar-refractivity contribution in [2.75, 3.05) is 5.73 Å². The van der Waals surface area contributed by atoms with E-state index in [2.05, 4.69) is 179 Å². The lowest BCUT2D eigenvalue weighted by Gasteiger charge is -2.32. The molecule has 0 unspecified atom stereocenters. The van der Waals surface area contributed by atoms with Gasteiger partial charge in [0.1, 0.15) is 0 Å². The summed E-state index contributed by atoms with van der Waals surface area (Å²) < 4.78 is 44.5. The minimum Gasteiger partial charge on any atom is -0.399 e. The van der Waals surface area contributed by atoms with Gasteiger partial charge in [-0.1, -0.05) is 323 Å². The molecule has 0 aliphatic carbocycles. The van der Waals surface area contributed by atoms with Gasteiger partial charge in [-0.25, -0.2) is 9.97 Å². The quantitative estimate of drug-likeness (QED) is 0.0366. The van der Waals surface area contributed by atoms with E-state index in [1.807, 2.05) is 271 Å². The third kappa shape index (κ3) is 15.6. The third-order valence-corrected chi connectivity index (χ3v) is 30.6. The molecule has 20 aromatic rings. The van der Waals surface area contributed by atoms with Crippen molar-refractivity contribution in [2.24, 2.45) is 0 Å². The maximum atomic E-state index is 14.9. The van der Waals surface area contributed by atoms with Crippen molar-refractivity contribution in [3.63, 3.8) is 0 Å². The lowest BCUT2D eigenvalue weighted by Crippen LogP contribution is -2.41. The van der Waals surface area contributed by atoms with Crippen molar-refractivity contribution < 1.29 is 23.2 Å². The zero-order valence-electron chi connectivity index (χ0n) is 65.3. The van der Waals surface area contributed by atoms with Crippen molar-refractivity contribution >= 4 is 227 Å². The Morgan fingerprint density at radius 3 is 1.17 bits per heavy atom. The van der Waals surface area contributed by atoms with Crippen LogP contribution in [0.15, 0.2) is 384 Å². The normalized spacial score (nSPS) is 13.0. The summed E-state index contributed by atoms with van der Waals surface area (Å²) in [5, 5.41) is 19.4. The van der Waals surface area contributed by atoms with Gasteiger partial charge in [-0.05, 0) is 142 Å². The molecule has 0 bridgehead atoms. The number of nitrogen functional groups attached to an aromatic ring is 1. The van der Waals surface area contributed by atoms with Crippen LogP contribution in [0.25, 0.3) is 120 Å². The predicted molar refractivity (Wildman–Crippen MR) is 509 cm³/mol. The molecule has 119 heavy (non-hydrogen) atoms. The summed E-state index contributed by atoms with van der Waals surface area (Å²) in [4.78, 5) is 34.4. The van der Waals surface area contributed by atoms with E-state index in [9.17, 15) is 13.9 Å². The Labute approximate surface area is 714 Å². The zero-order valence-corrected chi connectivity index (χ0v) is 71.8. The first-order valence-electron chi connectivity index (χ1n) is 38.9. The largest absolute Gasteiger partial charge is 0.494 e. The van der Waals surface area contributed by atoms with Gasteiger partial charge in [0, 0.05) is 118 Å². The Morgan fingerprint density at radius 1 is 0.328 bits per heavy atom. The van der Waals surface area contributed by atoms with Crippen LogP contribution in [0.3, 0.4) is 0 Å². The number of halogens is 3. The number of aldehydes is 1. The molecular formula is C102H76BBr3N6O5P2. The number of anilines is 1. The van der Waals surface area contributed by atoms with Crippen molar-refractivity contribution in [1.29, 1.82) is 0 Å². The molecule has 1 aliphatic heterocycles. The molecule has 6 heterocycles. The maximum Gasteiger partial charge on any atom is 0.494 e. The predicted octanol–water partition coefficient (Wildman–Crippen LogP) is 23.9. The number of pyridine rings is 5. The molecule has 0 atom stereocenters. The van der Waals surface area contributed by atoms with Crippen LogP contribution in [-0.2, 0) is 18.4 Å². The molecule has 1 fully saturated rings. The van der Waals surface area contributed by atoms with E-state index < -0.39 is 21.4 Å². The SMILES string of the molecule is Brc1cc2cc3ccc4ccccc4c3nc2c2ncccc12.CC1(C)OB(c2ccc(P(=O)(c3ccccc3)c3ccccc3)cc2)OC1(C)C.Nc1ccc(Br)c2cccnc12.O=Cc1ccc2ccccc2c1Br.O=P(c1ccccc1)(c1ccccc1)c1ccc(-c2cc3cc4ccc5ccccc5c4nc3c3ncccc23)cc1. The summed E-state index contributed by atoms with van der Waals surface area (Å²) in [5.41, 5.74) is 16.0. The first-order chi connectivity index (χ1) is 57.9. The van der Waals surface area contributed by atoms with Crippen LogP contribution >= 0.6 is 62.1 Å². The van der Waals surface area contributed by atoms with Crippen LogP contribution in [0, 0.1) is 0 Å². The monoisotopic (exact) mass is 1770 g/mol. The Kier molecular flexibility index (Phi) is 22.6. The summed E-state index contributed by atoms with van der Waals surface area (Å²) in [7, 11) is -6.43. The molecule has 15 aromatic carbocycles. The molecule has 21 rings (SSSR count). The highest BCUT2D eigenvalue weighted by Crippen LogP contribution is 2.46. The summed E-state index contributed by atoms with van der Waals surface area (Å²) in [5.74, 6) is 0. The average molecular weight is 1780 g/mol. The molecule has 0 spiro atoms. The van der Waals surface area contributed by atoms with Gasteiger partial charge in [0.15, 0.2) is 20.6 Å². The summed E-state index contributed by atoms with van der Waals surface area (Å²) in [6, 6.07) is 117. The smallest absolute Gasteiger partial charge is 0.399 e. The van der Waals surface area contributed by atoms with Crippen LogP contribution in [0.4, 0.5) is 5.69 Å². The van der Waals surface area contributed by atoms with Crippen LogP contribution in [0.2, 0.25) is 0 Å². The third-order valence-electron chi connectivity index (χ3n) is 22.2. The van der Waals surface area contributed by atoms with E-state index in [0.717, 1.165) is 161 Å². The van der Waals surface area contributed by atoms with Gasteiger partial charge >= 0.3 is 7.12 Å². The molecule has 5 aromatic heterocycles. The van der Waals surface area contributed by atoms with E-state index in [1.165, 1.54) is 16.2 Å². The molecular weight excluding hydrogens is 1700 g/mol. The standard InChI is InChI=1S/C38H25N2OP.C24H26BO3P.C20H11BrN2.C11H7BrO.C9H7BrN2/c41-42(30-11-3-1-4-12-30,31-13-5-2-6-14-31)32-21-19-27(20-22-32)35-25-29-24-28-18-17-26-10-7-8-15-33(26)36(28)40-37(29)38-34(35)16-9-23-39-38;1-23(2)24(3,4)28-25(27-23)19-15-17-22(18-16-19)29(26,20-11-7-5-8-12-20)21-13-9-6-10-14-21;21-17-11-14-10-13-8-7-12-4-1-2-5-15(12)18(13)23-19(14)20-16(17)6-3-9-22-20;12-11-9(7-13)6-5-8-3-1-2-4-10(8)11;10-7-3-4-8(11)9-6(7)2-1-5-12-9/h1-25H;5-18H,1-4H3;1-11H;1-7H;1-5H,11H2. The first-order valence-corrected chi connectivity index (χ1v) is 44.7. The molecule has 1 saturated heterocycles. The van der Waals surface area contributed by atoms with Gasteiger partial charge in [0.2, 0.25) is 0 Å². The molecule has 0 saturated carbocycles. The summed E-state index contributed by atoms with van der Waals surface area (Å²) in [6.07, 6.45) is 6.25. The number of nitrogens with zero attached hydrogens (tertiary/aromatic N) is 5. The molecule has 0 amide bonds. The van der Waals surface area contributed by atoms with Crippen LogP contribution in [0.5, 0.6) is 0 Å². The molecule has 11 nitrogen and oxygen atoms in total. The topological polar surface area (TPSA) is 160 Å². The fourth-order valence-corrected chi connectivity index (χ4v) is 22.3. The number of fused-ring (bicyclic) bond motifs is 14.